The van der Waals surface area contributed by atoms with E-state index in [4.69, 9.17) is 4.74 Å². The van der Waals surface area contributed by atoms with Crippen molar-refractivity contribution in [2.45, 2.75) is 45.1 Å². The molecule has 5 heteroatoms. The SMILES string of the molecule is CCOC(=O)C1CCCN(C(=O)[C@@H]2CCCCN2)C1. The van der Waals surface area contributed by atoms with E-state index in [-0.39, 0.29) is 23.8 Å². The van der Waals surface area contributed by atoms with Crippen LogP contribution in [-0.4, -0.2) is 49.1 Å². The maximum Gasteiger partial charge on any atom is 0.310 e. The van der Waals surface area contributed by atoms with E-state index >= 15 is 0 Å². The Bertz CT molecular complexity index is 327. The average molecular weight is 268 g/mol. The van der Waals surface area contributed by atoms with Crippen molar-refractivity contribution in [3.05, 3.63) is 0 Å². The third kappa shape index (κ3) is 3.69. The van der Waals surface area contributed by atoms with E-state index < -0.39 is 0 Å². The lowest BCUT2D eigenvalue weighted by Crippen LogP contribution is -2.52. The molecule has 0 saturated carbocycles. The summed E-state index contributed by atoms with van der Waals surface area (Å²) in [6, 6.07) is -0.0466. The highest BCUT2D eigenvalue weighted by molar-refractivity contribution is 5.83. The maximum absolute atomic E-state index is 12.4. The van der Waals surface area contributed by atoms with E-state index in [9.17, 15) is 9.59 Å². The molecule has 2 rings (SSSR count). The Morgan fingerprint density at radius 3 is 2.79 bits per heavy atom. The second-order valence-corrected chi connectivity index (χ2v) is 5.38. The van der Waals surface area contributed by atoms with Crippen molar-refractivity contribution >= 4 is 11.9 Å². The van der Waals surface area contributed by atoms with Gasteiger partial charge in [-0.3, -0.25) is 9.59 Å². The van der Waals surface area contributed by atoms with Gasteiger partial charge in [-0.15, -0.1) is 0 Å². The van der Waals surface area contributed by atoms with Gasteiger partial charge in [0.15, 0.2) is 0 Å². The predicted molar refractivity (Wildman–Crippen MR) is 71.6 cm³/mol. The number of nitrogens with zero attached hydrogens (tertiary/aromatic N) is 1. The van der Waals surface area contributed by atoms with Crippen molar-refractivity contribution in [1.82, 2.24) is 10.2 Å². The van der Waals surface area contributed by atoms with E-state index in [1.165, 1.54) is 0 Å². The van der Waals surface area contributed by atoms with E-state index in [1.807, 2.05) is 11.8 Å². The summed E-state index contributed by atoms with van der Waals surface area (Å²) in [5, 5.41) is 3.28. The van der Waals surface area contributed by atoms with Crippen molar-refractivity contribution in [1.29, 1.82) is 0 Å². The largest absolute Gasteiger partial charge is 0.466 e. The number of carbonyl (C=O) groups is 2. The van der Waals surface area contributed by atoms with Crippen molar-refractivity contribution in [3.63, 3.8) is 0 Å². The molecule has 1 amide bonds. The number of esters is 1. The summed E-state index contributed by atoms with van der Waals surface area (Å²) < 4.78 is 5.06. The van der Waals surface area contributed by atoms with E-state index in [2.05, 4.69) is 5.32 Å². The van der Waals surface area contributed by atoms with E-state index in [0.29, 0.717) is 13.2 Å². The van der Waals surface area contributed by atoms with Crippen LogP contribution >= 0.6 is 0 Å². The fourth-order valence-electron chi connectivity index (χ4n) is 2.91. The fourth-order valence-corrected chi connectivity index (χ4v) is 2.91. The van der Waals surface area contributed by atoms with Crippen LogP contribution in [0.2, 0.25) is 0 Å². The highest BCUT2D eigenvalue weighted by atomic mass is 16.5. The molecule has 5 nitrogen and oxygen atoms in total. The van der Waals surface area contributed by atoms with Crippen LogP contribution in [0, 0.1) is 5.92 Å². The summed E-state index contributed by atoms with van der Waals surface area (Å²) in [5.41, 5.74) is 0. The van der Waals surface area contributed by atoms with Gasteiger partial charge in [0.1, 0.15) is 0 Å². The number of hydrogen-bond acceptors (Lipinski definition) is 4. The van der Waals surface area contributed by atoms with E-state index in [0.717, 1.165) is 45.2 Å². The molecule has 1 N–H and O–H groups in total. The Kier molecular flexibility index (Phi) is 5.19. The molecular weight excluding hydrogens is 244 g/mol. The molecule has 0 bridgehead atoms. The van der Waals surface area contributed by atoms with Crippen molar-refractivity contribution in [2.24, 2.45) is 5.92 Å². The molecular formula is C14H24N2O3. The first-order valence-corrected chi connectivity index (χ1v) is 7.41. The zero-order valence-electron chi connectivity index (χ0n) is 11.7. The molecule has 2 aliphatic rings. The lowest BCUT2D eigenvalue weighted by atomic mass is 9.96. The molecule has 2 heterocycles. The van der Waals surface area contributed by atoms with Crippen LogP contribution in [-0.2, 0) is 14.3 Å². The lowest BCUT2D eigenvalue weighted by molar-refractivity contribution is -0.151. The molecule has 0 spiro atoms. The second-order valence-electron chi connectivity index (χ2n) is 5.38. The molecule has 0 aromatic heterocycles. The normalized spacial score (nSPS) is 27.9. The Hall–Kier alpha value is -1.10. The third-order valence-electron chi connectivity index (χ3n) is 3.96. The molecule has 0 aromatic carbocycles. The summed E-state index contributed by atoms with van der Waals surface area (Å²) >= 11 is 0. The quantitative estimate of drug-likeness (QED) is 0.774. The highest BCUT2D eigenvalue weighted by Gasteiger charge is 2.32. The van der Waals surface area contributed by atoms with Crippen LogP contribution in [0.25, 0.3) is 0 Å². The molecule has 2 aliphatic heterocycles. The first-order valence-electron chi connectivity index (χ1n) is 7.41. The molecule has 0 radical (unpaired) electrons. The molecule has 2 saturated heterocycles. The van der Waals surface area contributed by atoms with Gasteiger partial charge in [-0.2, -0.15) is 0 Å². The van der Waals surface area contributed by atoms with Gasteiger partial charge in [-0.05, 0) is 39.2 Å². The van der Waals surface area contributed by atoms with Crippen LogP contribution in [0.1, 0.15) is 39.0 Å². The van der Waals surface area contributed by atoms with Gasteiger partial charge in [0.2, 0.25) is 5.91 Å². The van der Waals surface area contributed by atoms with Gasteiger partial charge in [0.25, 0.3) is 0 Å². The summed E-state index contributed by atoms with van der Waals surface area (Å²) in [7, 11) is 0. The molecule has 1 unspecified atom stereocenters. The number of carbonyl (C=O) groups excluding carboxylic acids is 2. The van der Waals surface area contributed by atoms with Gasteiger partial charge in [0.05, 0.1) is 18.6 Å². The standard InChI is InChI=1S/C14H24N2O3/c1-2-19-14(18)11-6-5-9-16(10-11)13(17)12-7-3-4-8-15-12/h11-12,15H,2-10H2,1H3/t11?,12-/m0/s1. The van der Waals surface area contributed by atoms with Crippen molar-refractivity contribution in [3.8, 4) is 0 Å². The summed E-state index contributed by atoms with van der Waals surface area (Å²) in [5.74, 6) is -0.133. The number of rotatable bonds is 3. The molecule has 108 valence electrons. The van der Waals surface area contributed by atoms with Crippen LogP contribution in [0.3, 0.4) is 0 Å². The molecule has 2 atom stereocenters. The number of hydrogen-bond donors (Lipinski definition) is 1. The van der Waals surface area contributed by atoms with Crippen LogP contribution in [0.5, 0.6) is 0 Å². The minimum Gasteiger partial charge on any atom is -0.466 e. The van der Waals surface area contributed by atoms with Crippen molar-refractivity contribution in [2.75, 3.05) is 26.2 Å². The van der Waals surface area contributed by atoms with Gasteiger partial charge in [-0.25, -0.2) is 0 Å². The Morgan fingerprint density at radius 2 is 2.11 bits per heavy atom. The van der Waals surface area contributed by atoms with Crippen LogP contribution < -0.4 is 5.32 Å². The van der Waals surface area contributed by atoms with Gasteiger partial charge >= 0.3 is 5.97 Å². The molecule has 0 aliphatic carbocycles. The fraction of sp³-hybridized carbons (Fsp3) is 0.857. The monoisotopic (exact) mass is 268 g/mol. The zero-order valence-corrected chi connectivity index (χ0v) is 11.7. The summed E-state index contributed by atoms with van der Waals surface area (Å²) in [6.45, 7) is 4.44. The topological polar surface area (TPSA) is 58.6 Å². The highest BCUT2D eigenvalue weighted by Crippen LogP contribution is 2.20. The van der Waals surface area contributed by atoms with Gasteiger partial charge in [0, 0.05) is 13.1 Å². The van der Waals surface area contributed by atoms with E-state index in [1.54, 1.807) is 0 Å². The molecule has 19 heavy (non-hydrogen) atoms. The lowest BCUT2D eigenvalue weighted by Gasteiger charge is -2.35. The molecule has 2 fully saturated rings. The maximum atomic E-state index is 12.4. The minimum absolute atomic E-state index is 0.0466. The number of piperidine rings is 2. The predicted octanol–water partition coefficient (Wildman–Crippen LogP) is 0.930. The number of amides is 1. The Morgan fingerprint density at radius 1 is 1.26 bits per heavy atom. The summed E-state index contributed by atoms with van der Waals surface area (Å²) in [6.07, 6.45) is 4.90. The Balaban J connectivity index is 1.89. The first kappa shape index (κ1) is 14.3. The average Bonchev–Trinajstić information content (AvgIpc) is 2.48. The third-order valence-corrected chi connectivity index (χ3v) is 3.96. The Labute approximate surface area is 114 Å². The number of likely N-dealkylation sites (tertiary alicyclic amines) is 1. The summed E-state index contributed by atoms with van der Waals surface area (Å²) in [4.78, 5) is 26.0. The van der Waals surface area contributed by atoms with Gasteiger partial charge < -0.3 is 15.0 Å². The number of ether oxygens (including phenoxy) is 1. The smallest absolute Gasteiger partial charge is 0.310 e. The molecule has 0 aromatic rings. The van der Waals surface area contributed by atoms with Gasteiger partial charge in [-0.1, -0.05) is 6.42 Å². The van der Waals surface area contributed by atoms with Crippen LogP contribution in [0.4, 0.5) is 0 Å². The minimum atomic E-state index is -0.156. The number of nitrogens with one attached hydrogen (secondary N) is 1. The second kappa shape index (κ2) is 6.89. The van der Waals surface area contributed by atoms with Crippen molar-refractivity contribution < 1.29 is 14.3 Å². The van der Waals surface area contributed by atoms with Crippen LogP contribution in [0.15, 0.2) is 0 Å². The zero-order chi connectivity index (χ0) is 13.7. The first-order chi connectivity index (χ1) is 9.22.